The van der Waals surface area contributed by atoms with E-state index in [1.165, 1.54) is 29.2 Å². The maximum absolute atomic E-state index is 14.7. The second-order valence-corrected chi connectivity index (χ2v) is 15.5. The number of carbonyl (C=O) groups is 2. The lowest BCUT2D eigenvalue weighted by Gasteiger charge is -2.37. The summed E-state index contributed by atoms with van der Waals surface area (Å²) in [7, 11) is -1.91. The van der Waals surface area contributed by atoms with E-state index >= 15 is 0 Å². The topological polar surface area (TPSA) is 67.9 Å². The van der Waals surface area contributed by atoms with Gasteiger partial charge in [0.1, 0.15) is 23.2 Å². The number of amides is 2. The number of halogens is 3. The van der Waals surface area contributed by atoms with E-state index in [1.54, 1.807) is 32.9 Å². The minimum absolute atomic E-state index is 0.0346. The zero-order valence-electron chi connectivity index (χ0n) is 20.7. The average molecular weight is 509 g/mol. The molecular weight excluding hydrogens is 477 g/mol. The second-order valence-electron chi connectivity index (χ2n) is 10.5. The molecule has 2 aromatic rings. The highest BCUT2D eigenvalue weighted by molar-refractivity contribution is 6.88. The monoisotopic (exact) mass is 508 g/mol. The standard InChI is InChI=1S/C25H31F3N2O4Si/c1-25(2,3)34-24(32)30-12-11-15-13-17(33-23(27)28)8-9-18(15)21(30)22(31)29-16-7-10-20(19(26)14-16)35(4,5)6/h7-10,13-14,21,23H,11-12H2,1-6H3,(H,29,31)/t21-/m0/s1. The van der Waals surface area contributed by atoms with Gasteiger partial charge in [-0.15, -0.1) is 0 Å². The summed E-state index contributed by atoms with van der Waals surface area (Å²) in [4.78, 5) is 27.7. The van der Waals surface area contributed by atoms with Gasteiger partial charge in [0.15, 0.2) is 0 Å². The number of benzene rings is 2. The highest BCUT2D eigenvalue weighted by Gasteiger charge is 2.38. The average Bonchev–Trinajstić information content (AvgIpc) is 2.70. The summed E-state index contributed by atoms with van der Waals surface area (Å²) in [6, 6.07) is 7.73. The van der Waals surface area contributed by atoms with E-state index in [-0.39, 0.29) is 18.0 Å². The highest BCUT2D eigenvalue weighted by Crippen LogP contribution is 2.34. The van der Waals surface area contributed by atoms with Crippen molar-refractivity contribution in [2.24, 2.45) is 0 Å². The third-order valence-electron chi connectivity index (χ3n) is 5.49. The predicted molar refractivity (Wildman–Crippen MR) is 130 cm³/mol. The number of carbonyl (C=O) groups excluding carboxylic acids is 2. The highest BCUT2D eigenvalue weighted by atomic mass is 28.3. The minimum Gasteiger partial charge on any atom is -0.444 e. The quantitative estimate of drug-likeness (QED) is 0.546. The van der Waals surface area contributed by atoms with Crippen LogP contribution in [0.25, 0.3) is 0 Å². The molecule has 10 heteroatoms. The van der Waals surface area contributed by atoms with E-state index in [1.807, 2.05) is 19.6 Å². The minimum atomic E-state index is -2.98. The van der Waals surface area contributed by atoms with Gasteiger partial charge in [-0.2, -0.15) is 8.78 Å². The van der Waals surface area contributed by atoms with Crippen LogP contribution in [0.5, 0.6) is 5.75 Å². The molecule has 0 radical (unpaired) electrons. The Hall–Kier alpha value is -3.01. The lowest BCUT2D eigenvalue weighted by molar-refractivity contribution is -0.122. The van der Waals surface area contributed by atoms with E-state index < -0.39 is 44.1 Å². The summed E-state index contributed by atoms with van der Waals surface area (Å²) >= 11 is 0. The van der Waals surface area contributed by atoms with E-state index in [4.69, 9.17) is 4.74 Å². The van der Waals surface area contributed by atoms with Crippen molar-refractivity contribution in [1.29, 1.82) is 0 Å². The Labute approximate surface area is 204 Å². The summed E-state index contributed by atoms with van der Waals surface area (Å²) in [5.41, 5.74) is 0.524. The van der Waals surface area contributed by atoms with Gasteiger partial charge >= 0.3 is 12.7 Å². The molecule has 0 unspecified atom stereocenters. The van der Waals surface area contributed by atoms with Crippen LogP contribution in [0.2, 0.25) is 19.6 Å². The molecular formula is C25H31F3N2O4Si. The first-order valence-corrected chi connectivity index (χ1v) is 14.8. The number of nitrogens with one attached hydrogen (secondary N) is 1. The number of hydrogen-bond donors (Lipinski definition) is 1. The molecule has 0 aliphatic carbocycles. The summed E-state index contributed by atoms with van der Waals surface area (Å²) in [6.45, 7) is 8.36. The molecule has 0 aromatic heterocycles. The molecule has 2 aromatic carbocycles. The molecule has 1 heterocycles. The Morgan fingerprint density at radius 2 is 1.80 bits per heavy atom. The van der Waals surface area contributed by atoms with Gasteiger partial charge in [0.25, 0.3) is 5.91 Å². The fourth-order valence-electron chi connectivity index (χ4n) is 3.99. The fourth-order valence-corrected chi connectivity index (χ4v) is 5.36. The largest absolute Gasteiger partial charge is 0.444 e. The predicted octanol–water partition coefficient (Wildman–Crippen LogP) is 5.45. The molecule has 0 spiro atoms. The van der Waals surface area contributed by atoms with Crippen LogP contribution in [-0.4, -0.2) is 43.7 Å². The number of rotatable bonds is 5. The van der Waals surface area contributed by atoms with Crippen LogP contribution in [0, 0.1) is 5.82 Å². The molecule has 1 atom stereocenters. The molecule has 0 bridgehead atoms. The lowest BCUT2D eigenvalue weighted by atomic mass is 9.92. The number of nitrogens with zero attached hydrogens (tertiary/aromatic N) is 1. The summed E-state index contributed by atoms with van der Waals surface area (Å²) in [5, 5.41) is 3.34. The Kier molecular flexibility index (Phi) is 7.54. The van der Waals surface area contributed by atoms with Crippen molar-refractivity contribution in [3.05, 3.63) is 53.3 Å². The Balaban J connectivity index is 1.96. The first kappa shape index (κ1) is 26.6. The molecule has 1 N–H and O–H groups in total. The van der Waals surface area contributed by atoms with Crippen LogP contribution >= 0.6 is 0 Å². The van der Waals surface area contributed by atoms with E-state index in [2.05, 4.69) is 10.1 Å². The Morgan fingerprint density at radius 1 is 1.11 bits per heavy atom. The number of fused-ring (bicyclic) bond motifs is 1. The van der Waals surface area contributed by atoms with Crippen LogP contribution in [0.4, 0.5) is 23.7 Å². The zero-order chi connectivity index (χ0) is 26.1. The molecule has 0 fully saturated rings. The van der Waals surface area contributed by atoms with Gasteiger partial charge in [-0.25, -0.2) is 9.18 Å². The fraction of sp³-hybridized carbons (Fsp3) is 0.440. The molecule has 1 aliphatic heterocycles. The van der Waals surface area contributed by atoms with Crippen LogP contribution in [0.15, 0.2) is 36.4 Å². The number of hydrogen-bond acceptors (Lipinski definition) is 4. The van der Waals surface area contributed by atoms with Crippen LogP contribution in [0.3, 0.4) is 0 Å². The van der Waals surface area contributed by atoms with Gasteiger partial charge in [0.2, 0.25) is 0 Å². The van der Waals surface area contributed by atoms with Crippen molar-refractivity contribution < 1.29 is 32.2 Å². The van der Waals surface area contributed by atoms with Crippen LogP contribution in [-0.2, 0) is 16.0 Å². The van der Waals surface area contributed by atoms with Crippen LogP contribution < -0.4 is 15.2 Å². The van der Waals surface area contributed by atoms with Crippen molar-refractivity contribution in [2.75, 3.05) is 11.9 Å². The third kappa shape index (κ3) is 6.56. The number of ether oxygens (including phenoxy) is 2. The van der Waals surface area contributed by atoms with Gasteiger partial charge in [0.05, 0.1) is 8.07 Å². The van der Waals surface area contributed by atoms with Crippen molar-refractivity contribution in [3.8, 4) is 5.75 Å². The van der Waals surface area contributed by atoms with E-state index in [9.17, 15) is 22.8 Å². The maximum atomic E-state index is 14.7. The Morgan fingerprint density at radius 3 is 2.37 bits per heavy atom. The van der Waals surface area contributed by atoms with Gasteiger partial charge in [-0.1, -0.05) is 31.8 Å². The molecule has 190 valence electrons. The normalized spacial score (nSPS) is 16.1. The second kappa shape index (κ2) is 9.92. The zero-order valence-corrected chi connectivity index (χ0v) is 21.7. The van der Waals surface area contributed by atoms with Gasteiger partial charge in [-0.3, -0.25) is 9.69 Å². The van der Waals surface area contributed by atoms with Gasteiger partial charge in [0, 0.05) is 12.2 Å². The van der Waals surface area contributed by atoms with Crippen molar-refractivity contribution in [3.63, 3.8) is 0 Å². The molecule has 2 amide bonds. The molecule has 6 nitrogen and oxygen atoms in total. The summed E-state index contributed by atoms with van der Waals surface area (Å²) in [5.74, 6) is -1.00. The third-order valence-corrected chi connectivity index (χ3v) is 7.51. The smallest absolute Gasteiger partial charge is 0.411 e. The van der Waals surface area contributed by atoms with Crippen LogP contribution in [0.1, 0.15) is 37.9 Å². The van der Waals surface area contributed by atoms with E-state index in [0.717, 1.165) is 0 Å². The van der Waals surface area contributed by atoms with Crippen molar-refractivity contribution in [2.45, 2.75) is 65.1 Å². The molecule has 0 saturated carbocycles. The molecule has 3 rings (SSSR count). The van der Waals surface area contributed by atoms with Gasteiger partial charge in [-0.05, 0) is 67.8 Å². The van der Waals surface area contributed by atoms with Crippen molar-refractivity contribution in [1.82, 2.24) is 4.90 Å². The molecule has 1 aliphatic rings. The first-order valence-electron chi connectivity index (χ1n) is 11.3. The number of anilines is 1. The summed E-state index contributed by atoms with van der Waals surface area (Å²) < 4.78 is 50.1. The van der Waals surface area contributed by atoms with Crippen molar-refractivity contribution >= 4 is 30.9 Å². The SMILES string of the molecule is CC(C)(C)OC(=O)N1CCc2cc(OC(F)F)ccc2[C@H]1C(=O)Nc1ccc([Si](C)(C)C)c(F)c1. The maximum Gasteiger partial charge on any atom is 0.411 e. The number of alkyl halides is 2. The lowest BCUT2D eigenvalue weighted by Crippen LogP contribution is -2.47. The summed E-state index contributed by atoms with van der Waals surface area (Å²) in [6.07, 6.45) is -0.366. The molecule has 35 heavy (non-hydrogen) atoms. The van der Waals surface area contributed by atoms with Gasteiger partial charge < -0.3 is 14.8 Å². The molecule has 0 saturated heterocycles. The Bertz CT molecular complexity index is 1110. The van der Waals surface area contributed by atoms with E-state index in [0.29, 0.717) is 22.7 Å². The first-order chi connectivity index (χ1) is 16.2.